The Hall–Kier alpha value is -2.89. The molecule has 0 saturated carbocycles. The Labute approximate surface area is 159 Å². The lowest BCUT2D eigenvalue weighted by Gasteiger charge is -2.33. The molecule has 0 N–H and O–H groups in total. The van der Waals surface area contributed by atoms with Crippen molar-refractivity contribution in [3.8, 4) is 0 Å². The van der Waals surface area contributed by atoms with E-state index in [1.807, 2.05) is 48.5 Å². The first-order valence-electron chi connectivity index (χ1n) is 9.37. The molecule has 0 aliphatic carbocycles. The fraction of sp³-hybridized carbons (Fsp3) is 0.381. The molecule has 1 saturated heterocycles. The Morgan fingerprint density at radius 3 is 2.44 bits per heavy atom. The number of anilines is 1. The van der Waals surface area contributed by atoms with Gasteiger partial charge in [0.15, 0.2) is 0 Å². The maximum Gasteiger partial charge on any atom is 0.409 e. The summed E-state index contributed by atoms with van der Waals surface area (Å²) in [5.74, 6) is 0.585. The zero-order valence-corrected chi connectivity index (χ0v) is 15.6. The summed E-state index contributed by atoms with van der Waals surface area (Å²) in [6.07, 6.45) is 2.67. The number of pyridine rings is 1. The maximum atomic E-state index is 13.3. The number of likely N-dealkylation sites (tertiary alicyclic amines) is 1. The molecule has 2 aromatic rings. The van der Waals surface area contributed by atoms with Gasteiger partial charge in [-0.15, -0.1) is 0 Å². The van der Waals surface area contributed by atoms with Crippen molar-refractivity contribution in [2.45, 2.75) is 26.3 Å². The predicted molar refractivity (Wildman–Crippen MR) is 103 cm³/mol. The van der Waals surface area contributed by atoms with E-state index in [9.17, 15) is 9.59 Å². The zero-order valence-electron chi connectivity index (χ0n) is 15.6. The van der Waals surface area contributed by atoms with Gasteiger partial charge in [-0.25, -0.2) is 9.78 Å². The van der Waals surface area contributed by atoms with Crippen LogP contribution < -0.4 is 4.90 Å². The summed E-state index contributed by atoms with van der Waals surface area (Å²) in [5.41, 5.74) is 1.06. The number of hydrogen-bond acceptors (Lipinski definition) is 4. The van der Waals surface area contributed by atoms with Crippen LogP contribution in [-0.2, 0) is 16.1 Å². The second-order valence-corrected chi connectivity index (χ2v) is 6.56. The van der Waals surface area contributed by atoms with Crippen LogP contribution in [-0.4, -0.2) is 41.6 Å². The summed E-state index contributed by atoms with van der Waals surface area (Å²) < 4.78 is 5.05. The Kier molecular flexibility index (Phi) is 6.41. The fourth-order valence-electron chi connectivity index (χ4n) is 3.30. The highest BCUT2D eigenvalue weighted by Crippen LogP contribution is 2.24. The van der Waals surface area contributed by atoms with Gasteiger partial charge in [-0.2, -0.15) is 0 Å². The van der Waals surface area contributed by atoms with E-state index in [1.54, 1.807) is 22.9 Å². The predicted octanol–water partition coefficient (Wildman–Crippen LogP) is 3.48. The molecule has 2 heterocycles. The van der Waals surface area contributed by atoms with Crippen molar-refractivity contribution in [2.75, 3.05) is 24.6 Å². The molecular weight excluding hydrogens is 342 g/mol. The van der Waals surface area contributed by atoms with Crippen molar-refractivity contribution in [1.29, 1.82) is 0 Å². The van der Waals surface area contributed by atoms with Crippen LogP contribution in [0.2, 0.25) is 0 Å². The second kappa shape index (κ2) is 9.16. The lowest BCUT2D eigenvalue weighted by molar-refractivity contribution is -0.123. The molecule has 1 aliphatic heterocycles. The number of rotatable bonds is 5. The van der Waals surface area contributed by atoms with Crippen molar-refractivity contribution in [3.05, 3.63) is 60.3 Å². The lowest BCUT2D eigenvalue weighted by Crippen LogP contribution is -2.44. The molecule has 0 radical (unpaired) electrons. The lowest BCUT2D eigenvalue weighted by atomic mass is 9.95. The molecule has 6 heteroatoms. The largest absolute Gasteiger partial charge is 0.450 e. The number of hydrogen-bond donors (Lipinski definition) is 0. The van der Waals surface area contributed by atoms with Gasteiger partial charge in [0.2, 0.25) is 5.91 Å². The van der Waals surface area contributed by atoms with Crippen LogP contribution in [0.3, 0.4) is 0 Å². The highest BCUT2D eigenvalue weighted by atomic mass is 16.6. The van der Waals surface area contributed by atoms with Gasteiger partial charge in [0.05, 0.1) is 13.2 Å². The molecule has 0 bridgehead atoms. The molecule has 0 spiro atoms. The van der Waals surface area contributed by atoms with Gasteiger partial charge in [-0.3, -0.25) is 9.69 Å². The third-order valence-corrected chi connectivity index (χ3v) is 4.75. The highest BCUT2D eigenvalue weighted by molar-refractivity contribution is 5.94. The molecule has 2 amide bonds. The number of carbonyl (C=O) groups excluding carboxylic acids is 2. The van der Waals surface area contributed by atoms with E-state index in [2.05, 4.69) is 4.98 Å². The number of ether oxygens (including phenoxy) is 1. The van der Waals surface area contributed by atoms with Crippen LogP contribution in [0.25, 0.3) is 0 Å². The first-order chi connectivity index (χ1) is 13.2. The summed E-state index contributed by atoms with van der Waals surface area (Å²) >= 11 is 0. The van der Waals surface area contributed by atoms with Crippen molar-refractivity contribution >= 4 is 17.8 Å². The molecule has 0 atom stereocenters. The molecule has 1 aromatic heterocycles. The van der Waals surface area contributed by atoms with Gasteiger partial charge in [0, 0.05) is 25.2 Å². The molecule has 6 nitrogen and oxygen atoms in total. The zero-order chi connectivity index (χ0) is 19.1. The molecule has 0 unspecified atom stereocenters. The minimum atomic E-state index is -0.297. The quantitative estimate of drug-likeness (QED) is 0.812. The molecule has 1 aliphatic rings. The molecule has 1 aromatic carbocycles. The normalized spacial score (nSPS) is 14.6. The number of aromatic nitrogens is 1. The Morgan fingerprint density at radius 2 is 1.81 bits per heavy atom. The fourth-order valence-corrected chi connectivity index (χ4v) is 3.30. The van der Waals surface area contributed by atoms with Gasteiger partial charge < -0.3 is 9.64 Å². The van der Waals surface area contributed by atoms with E-state index in [1.165, 1.54) is 0 Å². The average molecular weight is 367 g/mol. The van der Waals surface area contributed by atoms with Crippen LogP contribution >= 0.6 is 0 Å². The Morgan fingerprint density at radius 1 is 1.11 bits per heavy atom. The molecule has 142 valence electrons. The summed E-state index contributed by atoms with van der Waals surface area (Å²) in [4.78, 5) is 32.9. The summed E-state index contributed by atoms with van der Waals surface area (Å²) in [6.45, 7) is 3.72. The molecule has 3 rings (SSSR count). The van der Waals surface area contributed by atoms with Crippen LogP contribution in [0.4, 0.5) is 10.6 Å². The first-order valence-corrected chi connectivity index (χ1v) is 9.37. The van der Waals surface area contributed by atoms with Crippen molar-refractivity contribution in [2.24, 2.45) is 5.92 Å². The third kappa shape index (κ3) is 4.84. The van der Waals surface area contributed by atoms with E-state index in [0.717, 1.165) is 5.56 Å². The third-order valence-electron chi connectivity index (χ3n) is 4.75. The minimum Gasteiger partial charge on any atom is -0.450 e. The average Bonchev–Trinajstić information content (AvgIpc) is 2.73. The van der Waals surface area contributed by atoms with Gasteiger partial charge in [0.25, 0.3) is 0 Å². The van der Waals surface area contributed by atoms with Gasteiger partial charge in [0.1, 0.15) is 5.82 Å². The van der Waals surface area contributed by atoms with Crippen LogP contribution in [0, 0.1) is 5.92 Å². The Bertz CT molecular complexity index is 744. The molecular formula is C21H25N3O3. The van der Waals surface area contributed by atoms with Crippen molar-refractivity contribution in [1.82, 2.24) is 9.88 Å². The number of carbonyl (C=O) groups is 2. The number of benzene rings is 1. The van der Waals surface area contributed by atoms with Crippen LogP contribution in [0.15, 0.2) is 54.7 Å². The molecule has 27 heavy (non-hydrogen) atoms. The standard InChI is InChI=1S/C21H25N3O3/c1-2-27-21(26)23-14-11-18(12-15-23)20(25)24(19-10-6-7-13-22-19)16-17-8-4-3-5-9-17/h3-10,13,18H,2,11-12,14-16H2,1H3. The van der Waals surface area contributed by atoms with Crippen LogP contribution in [0.5, 0.6) is 0 Å². The SMILES string of the molecule is CCOC(=O)N1CCC(C(=O)N(Cc2ccccc2)c2ccccn2)CC1. The van der Waals surface area contributed by atoms with E-state index < -0.39 is 0 Å². The van der Waals surface area contributed by atoms with Crippen molar-refractivity contribution in [3.63, 3.8) is 0 Å². The smallest absolute Gasteiger partial charge is 0.409 e. The highest BCUT2D eigenvalue weighted by Gasteiger charge is 2.31. The van der Waals surface area contributed by atoms with Gasteiger partial charge in [-0.1, -0.05) is 36.4 Å². The summed E-state index contributed by atoms with van der Waals surface area (Å²) in [6, 6.07) is 15.5. The first kappa shape index (κ1) is 18.9. The van der Waals surface area contributed by atoms with Crippen LogP contribution in [0.1, 0.15) is 25.3 Å². The summed E-state index contributed by atoms with van der Waals surface area (Å²) in [5, 5.41) is 0. The number of piperidine rings is 1. The maximum absolute atomic E-state index is 13.3. The molecule has 1 fully saturated rings. The Balaban J connectivity index is 1.71. The van der Waals surface area contributed by atoms with E-state index in [4.69, 9.17) is 4.74 Å². The second-order valence-electron chi connectivity index (χ2n) is 6.56. The van der Waals surface area contributed by atoms with Gasteiger partial charge in [-0.05, 0) is 37.5 Å². The number of nitrogens with zero attached hydrogens (tertiary/aromatic N) is 3. The number of amides is 2. The monoisotopic (exact) mass is 367 g/mol. The van der Waals surface area contributed by atoms with Gasteiger partial charge >= 0.3 is 6.09 Å². The van der Waals surface area contributed by atoms with E-state index >= 15 is 0 Å². The van der Waals surface area contributed by atoms with Crippen molar-refractivity contribution < 1.29 is 14.3 Å². The topological polar surface area (TPSA) is 62.7 Å². The van der Waals surface area contributed by atoms with E-state index in [0.29, 0.717) is 44.9 Å². The minimum absolute atomic E-state index is 0.0565. The summed E-state index contributed by atoms with van der Waals surface area (Å²) in [7, 11) is 0. The van der Waals surface area contributed by atoms with E-state index in [-0.39, 0.29) is 17.9 Å².